The van der Waals surface area contributed by atoms with Gasteiger partial charge in [-0.3, -0.25) is 14.5 Å². The number of hydrogen-bond donors (Lipinski definition) is 2. The van der Waals surface area contributed by atoms with Crippen molar-refractivity contribution >= 4 is 23.2 Å². The predicted octanol–water partition coefficient (Wildman–Crippen LogP) is 3.20. The van der Waals surface area contributed by atoms with Crippen LogP contribution in [0.15, 0.2) is 48.5 Å². The lowest BCUT2D eigenvalue weighted by molar-refractivity contribution is -0.121. The highest BCUT2D eigenvalue weighted by Crippen LogP contribution is 2.27. The van der Waals surface area contributed by atoms with Crippen molar-refractivity contribution < 1.29 is 9.59 Å². The van der Waals surface area contributed by atoms with Gasteiger partial charge in [0, 0.05) is 11.4 Å². The van der Waals surface area contributed by atoms with Crippen LogP contribution in [0.2, 0.25) is 0 Å². The molecule has 0 aromatic heterocycles. The van der Waals surface area contributed by atoms with Crippen LogP contribution in [0.4, 0.5) is 11.4 Å². The molecule has 1 atom stereocenters. The summed E-state index contributed by atoms with van der Waals surface area (Å²) in [6.07, 6.45) is 0.358. The van der Waals surface area contributed by atoms with Crippen LogP contribution in [0.25, 0.3) is 0 Å². The molecule has 0 saturated heterocycles. The molecular weight excluding hydrogens is 314 g/mol. The van der Waals surface area contributed by atoms with E-state index in [1.165, 1.54) is 0 Å². The van der Waals surface area contributed by atoms with E-state index in [0.29, 0.717) is 12.1 Å². The van der Waals surface area contributed by atoms with Gasteiger partial charge in [-0.25, -0.2) is 0 Å². The van der Waals surface area contributed by atoms with Gasteiger partial charge in [-0.2, -0.15) is 0 Å². The molecule has 3 rings (SSSR count). The summed E-state index contributed by atoms with van der Waals surface area (Å²) in [6.45, 7) is 5.68. The van der Waals surface area contributed by atoms with Crippen LogP contribution < -0.4 is 10.6 Å². The Balaban J connectivity index is 1.84. The van der Waals surface area contributed by atoms with Crippen molar-refractivity contribution in [2.45, 2.75) is 26.3 Å². The molecule has 0 spiro atoms. The highest BCUT2D eigenvalue weighted by atomic mass is 16.2. The summed E-state index contributed by atoms with van der Waals surface area (Å²) in [4.78, 5) is 26.6. The van der Waals surface area contributed by atoms with Gasteiger partial charge in [-0.15, -0.1) is 0 Å². The summed E-state index contributed by atoms with van der Waals surface area (Å²) < 4.78 is 0. The third kappa shape index (κ3) is 3.72. The van der Waals surface area contributed by atoms with Gasteiger partial charge in [0.2, 0.25) is 11.8 Å². The fourth-order valence-corrected chi connectivity index (χ4v) is 3.27. The number of hydrogen-bond acceptors (Lipinski definition) is 3. The summed E-state index contributed by atoms with van der Waals surface area (Å²) in [5, 5.41) is 5.82. The number of carbonyl (C=O) groups excluding carboxylic acids is 2. The molecule has 1 aliphatic rings. The molecule has 0 aliphatic carbocycles. The van der Waals surface area contributed by atoms with Crippen molar-refractivity contribution in [2.75, 3.05) is 23.7 Å². The highest BCUT2D eigenvalue weighted by molar-refractivity contribution is 6.01. The van der Waals surface area contributed by atoms with E-state index in [1.807, 2.05) is 48.5 Å². The van der Waals surface area contributed by atoms with Crippen LogP contribution in [0.3, 0.4) is 0 Å². The molecule has 1 heterocycles. The number of nitrogens with zero attached hydrogens (tertiary/aromatic N) is 1. The lowest BCUT2D eigenvalue weighted by Gasteiger charge is -2.29. The second kappa shape index (κ2) is 7.49. The van der Waals surface area contributed by atoms with Crippen molar-refractivity contribution in [3.8, 4) is 0 Å². The van der Waals surface area contributed by atoms with E-state index >= 15 is 0 Å². The standard InChI is InChI=1S/C20H23N3O2/c1-3-23(4-2)19(14-8-6-5-7-9-14)20(25)21-16-10-11-17-15(12-16)13-18(24)22-17/h5-12,19H,3-4,13H2,1-2H3,(H,21,25)(H,22,24). The molecule has 0 saturated carbocycles. The van der Waals surface area contributed by atoms with Gasteiger partial charge >= 0.3 is 0 Å². The third-order valence-electron chi connectivity index (χ3n) is 4.54. The van der Waals surface area contributed by atoms with E-state index < -0.39 is 0 Å². The van der Waals surface area contributed by atoms with Crippen LogP contribution in [0, 0.1) is 0 Å². The van der Waals surface area contributed by atoms with Gasteiger partial charge in [-0.1, -0.05) is 44.2 Å². The Bertz CT molecular complexity index is 770. The SMILES string of the molecule is CCN(CC)C(C(=O)Nc1ccc2c(c1)CC(=O)N2)c1ccccc1. The first-order chi connectivity index (χ1) is 12.1. The first-order valence-electron chi connectivity index (χ1n) is 8.65. The van der Waals surface area contributed by atoms with E-state index in [4.69, 9.17) is 0 Å². The van der Waals surface area contributed by atoms with E-state index in [0.717, 1.165) is 29.9 Å². The fourth-order valence-electron chi connectivity index (χ4n) is 3.27. The lowest BCUT2D eigenvalue weighted by Crippen LogP contribution is -2.37. The number of rotatable bonds is 6. The average molecular weight is 337 g/mol. The monoisotopic (exact) mass is 337 g/mol. The fraction of sp³-hybridized carbons (Fsp3) is 0.300. The third-order valence-corrected chi connectivity index (χ3v) is 4.54. The summed E-state index contributed by atoms with van der Waals surface area (Å²) in [5.41, 5.74) is 3.43. The Hall–Kier alpha value is -2.66. The van der Waals surface area contributed by atoms with Gasteiger partial charge in [0.15, 0.2) is 0 Å². The van der Waals surface area contributed by atoms with Gasteiger partial charge in [0.1, 0.15) is 6.04 Å². The number of amides is 2. The number of carbonyl (C=O) groups is 2. The first-order valence-corrected chi connectivity index (χ1v) is 8.65. The Morgan fingerprint density at radius 2 is 1.88 bits per heavy atom. The second-order valence-electron chi connectivity index (χ2n) is 6.12. The number of anilines is 2. The number of fused-ring (bicyclic) bond motifs is 1. The average Bonchev–Trinajstić information content (AvgIpc) is 2.99. The molecule has 0 radical (unpaired) electrons. The minimum Gasteiger partial charge on any atom is -0.326 e. The molecule has 1 unspecified atom stereocenters. The Morgan fingerprint density at radius 3 is 2.56 bits per heavy atom. The van der Waals surface area contributed by atoms with Crippen LogP contribution >= 0.6 is 0 Å². The van der Waals surface area contributed by atoms with E-state index in [-0.39, 0.29) is 17.9 Å². The zero-order chi connectivity index (χ0) is 17.8. The molecule has 130 valence electrons. The van der Waals surface area contributed by atoms with Crippen molar-refractivity contribution in [3.63, 3.8) is 0 Å². The topological polar surface area (TPSA) is 61.4 Å². The van der Waals surface area contributed by atoms with Crippen molar-refractivity contribution in [1.82, 2.24) is 4.90 Å². The van der Waals surface area contributed by atoms with Crippen LogP contribution in [-0.4, -0.2) is 29.8 Å². The largest absolute Gasteiger partial charge is 0.326 e. The smallest absolute Gasteiger partial charge is 0.246 e. The summed E-state index contributed by atoms with van der Waals surface area (Å²) >= 11 is 0. The molecule has 2 amide bonds. The van der Waals surface area contributed by atoms with Crippen molar-refractivity contribution in [3.05, 3.63) is 59.7 Å². The van der Waals surface area contributed by atoms with Crippen molar-refractivity contribution in [1.29, 1.82) is 0 Å². The minimum atomic E-state index is -0.343. The summed E-state index contributed by atoms with van der Waals surface area (Å²) in [7, 11) is 0. The van der Waals surface area contributed by atoms with E-state index in [9.17, 15) is 9.59 Å². The number of likely N-dealkylation sites (N-methyl/N-ethyl adjacent to an activating group) is 1. The van der Waals surface area contributed by atoms with Gasteiger partial charge in [0.25, 0.3) is 0 Å². The van der Waals surface area contributed by atoms with E-state index in [1.54, 1.807) is 0 Å². The molecule has 1 aliphatic heterocycles. The molecule has 0 fully saturated rings. The lowest BCUT2D eigenvalue weighted by atomic mass is 10.0. The van der Waals surface area contributed by atoms with Crippen LogP contribution in [-0.2, 0) is 16.0 Å². The molecule has 2 aromatic carbocycles. The molecule has 5 nitrogen and oxygen atoms in total. The highest BCUT2D eigenvalue weighted by Gasteiger charge is 2.26. The summed E-state index contributed by atoms with van der Waals surface area (Å²) in [6, 6.07) is 15.0. The Labute approximate surface area is 148 Å². The Morgan fingerprint density at radius 1 is 1.16 bits per heavy atom. The maximum atomic E-state index is 13.0. The molecule has 2 N–H and O–H groups in total. The number of nitrogens with one attached hydrogen (secondary N) is 2. The van der Waals surface area contributed by atoms with Gasteiger partial charge in [-0.05, 0) is 42.4 Å². The molecule has 5 heteroatoms. The quantitative estimate of drug-likeness (QED) is 0.851. The molecule has 2 aromatic rings. The predicted molar refractivity (Wildman–Crippen MR) is 99.5 cm³/mol. The molecule has 0 bridgehead atoms. The summed E-state index contributed by atoms with van der Waals surface area (Å²) in [5.74, 6) is -0.0732. The maximum Gasteiger partial charge on any atom is 0.246 e. The zero-order valence-electron chi connectivity index (χ0n) is 14.6. The zero-order valence-corrected chi connectivity index (χ0v) is 14.6. The van der Waals surface area contributed by atoms with Crippen LogP contribution in [0.1, 0.15) is 31.0 Å². The van der Waals surface area contributed by atoms with Crippen molar-refractivity contribution in [2.24, 2.45) is 0 Å². The van der Waals surface area contributed by atoms with Gasteiger partial charge in [0.05, 0.1) is 6.42 Å². The molecular formula is C20H23N3O2. The minimum absolute atomic E-state index is 0.0104. The normalized spacial score (nSPS) is 14.1. The van der Waals surface area contributed by atoms with Gasteiger partial charge < -0.3 is 10.6 Å². The van der Waals surface area contributed by atoms with E-state index in [2.05, 4.69) is 29.4 Å². The molecule has 25 heavy (non-hydrogen) atoms. The maximum absolute atomic E-state index is 13.0. The first kappa shape index (κ1) is 17.2. The second-order valence-corrected chi connectivity index (χ2v) is 6.12. The van der Waals surface area contributed by atoms with Crippen LogP contribution in [0.5, 0.6) is 0 Å². The Kier molecular flexibility index (Phi) is 5.14. The number of benzene rings is 2.